The zero-order valence-electron chi connectivity index (χ0n) is 10.7. The molecule has 1 aromatic carbocycles. The normalized spacial score (nSPS) is 18.9. The minimum absolute atomic E-state index is 0.144. The summed E-state index contributed by atoms with van der Waals surface area (Å²) >= 11 is 0. The van der Waals surface area contributed by atoms with Gasteiger partial charge in [-0.15, -0.1) is 0 Å². The third kappa shape index (κ3) is 3.30. The molecule has 1 fully saturated rings. The molecule has 0 aliphatic carbocycles. The number of benzene rings is 1. The lowest BCUT2D eigenvalue weighted by atomic mass is 10.1. The van der Waals surface area contributed by atoms with E-state index in [0.717, 1.165) is 5.56 Å². The van der Waals surface area contributed by atoms with Crippen LogP contribution in [0.5, 0.6) is 0 Å². The number of hydrogen-bond donors (Lipinski definition) is 3. The number of amides is 2. The van der Waals surface area contributed by atoms with Crippen molar-refractivity contribution in [1.82, 2.24) is 5.32 Å². The molecule has 1 saturated heterocycles. The number of hydrogen-bond acceptors (Lipinski definition) is 4. The van der Waals surface area contributed by atoms with Crippen LogP contribution in [0.15, 0.2) is 18.2 Å². The van der Waals surface area contributed by atoms with E-state index in [1.807, 2.05) is 6.92 Å². The Kier molecular flexibility index (Phi) is 4.13. The van der Waals surface area contributed by atoms with Crippen molar-refractivity contribution < 1.29 is 14.3 Å². The van der Waals surface area contributed by atoms with E-state index in [0.29, 0.717) is 31.0 Å². The number of nitrogens with two attached hydrogens (primary N) is 1. The molecule has 1 aromatic rings. The fraction of sp³-hybridized carbons (Fsp3) is 0.385. The smallest absolute Gasteiger partial charge is 0.248 e. The largest absolute Gasteiger partial charge is 0.378 e. The minimum Gasteiger partial charge on any atom is -0.378 e. The molecule has 6 nitrogen and oxygen atoms in total. The highest BCUT2D eigenvalue weighted by molar-refractivity contribution is 5.97. The average Bonchev–Trinajstić information content (AvgIpc) is 2.41. The third-order valence-electron chi connectivity index (χ3n) is 3.01. The Hall–Kier alpha value is -1.92. The van der Waals surface area contributed by atoms with E-state index in [9.17, 15) is 9.59 Å². The zero-order valence-corrected chi connectivity index (χ0v) is 10.7. The molecule has 0 radical (unpaired) electrons. The first-order valence-electron chi connectivity index (χ1n) is 6.10. The highest BCUT2D eigenvalue weighted by Crippen LogP contribution is 2.16. The molecule has 102 valence electrons. The molecule has 2 amide bonds. The van der Waals surface area contributed by atoms with Crippen molar-refractivity contribution in [2.24, 2.45) is 5.73 Å². The van der Waals surface area contributed by atoms with Crippen LogP contribution in [0.4, 0.5) is 5.69 Å². The fourth-order valence-corrected chi connectivity index (χ4v) is 1.91. The summed E-state index contributed by atoms with van der Waals surface area (Å²) in [6.07, 6.45) is 0. The van der Waals surface area contributed by atoms with Crippen LogP contribution in [0.25, 0.3) is 0 Å². The molecule has 1 aliphatic rings. The number of ether oxygens (including phenoxy) is 1. The van der Waals surface area contributed by atoms with Gasteiger partial charge in [0.2, 0.25) is 11.8 Å². The molecule has 1 atom stereocenters. The van der Waals surface area contributed by atoms with Gasteiger partial charge in [-0.25, -0.2) is 0 Å². The van der Waals surface area contributed by atoms with Crippen molar-refractivity contribution >= 4 is 17.5 Å². The zero-order chi connectivity index (χ0) is 13.8. The molecule has 0 aromatic heterocycles. The minimum atomic E-state index is -0.483. The SMILES string of the molecule is Cc1cc(C(N)=O)ccc1NC(=O)C1COCCN1. The van der Waals surface area contributed by atoms with Crippen LogP contribution in [-0.4, -0.2) is 37.6 Å². The second kappa shape index (κ2) is 5.81. The van der Waals surface area contributed by atoms with Gasteiger partial charge < -0.3 is 21.1 Å². The fourth-order valence-electron chi connectivity index (χ4n) is 1.91. The number of primary amides is 1. The van der Waals surface area contributed by atoms with Crippen molar-refractivity contribution in [3.05, 3.63) is 29.3 Å². The summed E-state index contributed by atoms with van der Waals surface area (Å²) in [5.74, 6) is -0.627. The van der Waals surface area contributed by atoms with Crippen molar-refractivity contribution in [2.45, 2.75) is 13.0 Å². The summed E-state index contributed by atoms with van der Waals surface area (Å²) in [5.41, 5.74) is 7.09. The van der Waals surface area contributed by atoms with E-state index < -0.39 is 5.91 Å². The first kappa shape index (κ1) is 13.5. The van der Waals surface area contributed by atoms with Gasteiger partial charge in [-0.3, -0.25) is 9.59 Å². The second-order valence-electron chi connectivity index (χ2n) is 4.46. The third-order valence-corrected chi connectivity index (χ3v) is 3.01. The molecule has 2 rings (SSSR count). The monoisotopic (exact) mass is 263 g/mol. The van der Waals surface area contributed by atoms with Gasteiger partial charge in [0, 0.05) is 17.8 Å². The Morgan fingerprint density at radius 2 is 2.26 bits per heavy atom. The Morgan fingerprint density at radius 1 is 1.47 bits per heavy atom. The van der Waals surface area contributed by atoms with E-state index in [4.69, 9.17) is 10.5 Å². The summed E-state index contributed by atoms with van der Waals surface area (Å²) in [5, 5.41) is 5.89. The summed E-state index contributed by atoms with van der Waals surface area (Å²) in [4.78, 5) is 23.0. The molecule has 1 heterocycles. The van der Waals surface area contributed by atoms with Crippen molar-refractivity contribution in [2.75, 3.05) is 25.1 Å². The van der Waals surface area contributed by atoms with Gasteiger partial charge in [-0.1, -0.05) is 0 Å². The Bertz CT molecular complexity index is 496. The molecule has 0 bridgehead atoms. The maximum atomic E-state index is 12.0. The maximum Gasteiger partial charge on any atom is 0.248 e. The lowest BCUT2D eigenvalue weighted by Crippen LogP contribution is -2.48. The topological polar surface area (TPSA) is 93.5 Å². The summed E-state index contributed by atoms with van der Waals surface area (Å²) in [7, 11) is 0. The first-order chi connectivity index (χ1) is 9.08. The standard InChI is InChI=1S/C13H17N3O3/c1-8-6-9(12(14)17)2-3-10(8)16-13(18)11-7-19-5-4-15-11/h2-3,6,11,15H,4-5,7H2,1H3,(H2,14,17)(H,16,18). The van der Waals surface area contributed by atoms with Gasteiger partial charge in [0.1, 0.15) is 6.04 Å². The first-order valence-corrected chi connectivity index (χ1v) is 6.10. The van der Waals surface area contributed by atoms with Gasteiger partial charge >= 0.3 is 0 Å². The molecular formula is C13H17N3O3. The van der Waals surface area contributed by atoms with Crippen molar-refractivity contribution in [3.63, 3.8) is 0 Å². The van der Waals surface area contributed by atoms with Gasteiger partial charge in [0.25, 0.3) is 0 Å². The Labute approximate surface area is 111 Å². The molecule has 6 heteroatoms. The van der Waals surface area contributed by atoms with Crippen LogP contribution >= 0.6 is 0 Å². The molecular weight excluding hydrogens is 246 g/mol. The van der Waals surface area contributed by atoms with Crippen LogP contribution < -0.4 is 16.4 Å². The molecule has 1 unspecified atom stereocenters. The Morgan fingerprint density at radius 3 is 2.84 bits per heavy atom. The quantitative estimate of drug-likeness (QED) is 0.716. The maximum absolute atomic E-state index is 12.0. The molecule has 1 aliphatic heterocycles. The number of aryl methyl sites for hydroxylation is 1. The van der Waals surface area contributed by atoms with E-state index in [2.05, 4.69) is 10.6 Å². The van der Waals surface area contributed by atoms with Crippen LogP contribution in [0.3, 0.4) is 0 Å². The number of carbonyl (C=O) groups excluding carboxylic acids is 2. The van der Waals surface area contributed by atoms with Crippen LogP contribution in [0.2, 0.25) is 0 Å². The summed E-state index contributed by atoms with van der Waals surface area (Å²) in [6, 6.07) is 4.58. The van der Waals surface area contributed by atoms with E-state index in [1.54, 1.807) is 18.2 Å². The van der Waals surface area contributed by atoms with Crippen LogP contribution in [-0.2, 0) is 9.53 Å². The van der Waals surface area contributed by atoms with Crippen LogP contribution in [0.1, 0.15) is 15.9 Å². The van der Waals surface area contributed by atoms with Gasteiger partial charge in [-0.2, -0.15) is 0 Å². The molecule has 4 N–H and O–H groups in total. The lowest BCUT2D eigenvalue weighted by Gasteiger charge is -2.23. The summed E-state index contributed by atoms with van der Waals surface area (Å²) in [6.45, 7) is 3.46. The average molecular weight is 263 g/mol. The predicted octanol–water partition coefficient (Wildman–Crippen LogP) is 0.0208. The molecule has 19 heavy (non-hydrogen) atoms. The van der Waals surface area contributed by atoms with Gasteiger partial charge in [-0.05, 0) is 30.7 Å². The number of nitrogens with one attached hydrogen (secondary N) is 2. The number of anilines is 1. The highest BCUT2D eigenvalue weighted by Gasteiger charge is 2.21. The van der Waals surface area contributed by atoms with Gasteiger partial charge in [0.05, 0.1) is 13.2 Å². The van der Waals surface area contributed by atoms with Crippen LogP contribution in [0, 0.1) is 6.92 Å². The van der Waals surface area contributed by atoms with Crippen molar-refractivity contribution in [1.29, 1.82) is 0 Å². The number of carbonyl (C=O) groups is 2. The predicted molar refractivity (Wildman–Crippen MR) is 70.9 cm³/mol. The lowest BCUT2D eigenvalue weighted by molar-refractivity contribution is -0.120. The number of rotatable bonds is 3. The van der Waals surface area contributed by atoms with E-state index in [1.165, 1.54) is 0 Å². The van der Waals surface area contributed by atoms with Gasteiger partial charge in [0.15, 0.2) is 0 Å². The van der Waals surface area contributed by atoms with E-state index in [-0.39, 0.29) is 11.9 Å². The number of morpholine rings is 1. The second-order valence-corrected chi connectivity index (χ2v) is 4.46. The summed E-state index contributed by atoms with van der Waals surface area (Å²) < 4.78 is 5.24. The van der Waals surface area contributed by atoms with E-state index >= 15 is 0 Å². The molecule has 0 saturated carbocycles. The highest BCUT2D eigenvalue weighted by atomic mass is 16.5. The van der Waals surface area contributed by atoms with Crippen molar-refractivity contribution in [3.8, 4) is 0 Å². The molecule has 0 spiro atoms. The Balaban J connectivity index is 2.06.